The summed E-state index contributed by atoms with van der Waals surface area (Å²) in [6, 6.07) is 8.01. The van der Waals surface area contributed by atoms with Crippen molar-refractivity contribution in [3.63, 3.8) is 0 Å². The molecule has 0 atom stereocenters. The standard InChI is InChI=1S/C19H22N6S2/c1-5-8-20-18(26)23-14-6-7-16-15(10-14)24-17(25(16)4)11-27-19-21-12(2)9-13(3)22-19/h5-7,9-10H,1,8,11H2,2-4H3,(H2,20,23,26). The maximum atomic E-state index is 5.26. The van der Waals surface area contributed by atoms with Crippen LogP contribution in [0.2, 0.25) is 0 Å². The fourth-order valence-corrected chi connectivity index (χ4v) is 3.82. The lowest BCUT2D eigenvalue weighted by atomic mass is 10.3. The number of anilines is 1. The Morgan fingerprint density at radius 3 is 2.67 bits per heavy atom. The number of fused-ring (bicyclic) bond motifs is 1. The molecule has 0 fully saturated rings. The fraction of sp³-hybridized carbons (Fsp3) is 0.263. The molecule has 0 radical (unpaired) electrons. The van der Waals surface area contributed by atoms with Gasteiger partial charge in [-0.1, -0.05) is 17.8 Å². The van der Waals surface area contributed by atoms with Crippen LogP contribution in [-0.4, -0.2) is 31.2 Å². The number of aryl methyl sites for hydroxylation is 3. The fourth-order valence-electron chi connectivity index (χ4n) is 2.68. The summed E-state index contributed by atoms with van der Waals surface area (Å²) in [6.07, 6.45) is 1.76. The Morgan fingerprint density at radius 2 is 1.96 bits per heavy atom. The number of hydrogen-bond acceptors (Lipinski definition) is 5. The maximum Gasteiger partial charge on any atom is 0.188 e. The number of imidazole rings is 1. The van der Waals surface area contributed by atoms with Crippen LogP contribution in [0.4, 0.5) is 5.69 Å². The average Bonchev–Trinajstić information content (AvgIpc) is 2.93. The Kier molecular flexibility index (Phi) is 6.08. The second-order valence-corrected chi connectivity index (χ2v) is 7.49. The van der Waals surface area contributed by atoms with Gasteiger partial charge in [-0.25, -0.2) is 15.0 Å². The molecule has 0 unspecified atom stereocenters. The minimum absolute atomic E-state index is 0.563. The Balaban J connectivity index is 1.75. The zero-order valence-corrected chi connectivity index (χ0v) is 17.2. The van der Waals surface area contributed by atoms with Crippen molar-refractivity contribution in [3.8, 4) is 0 Å². The molecule has 0 amide bonds. The van der Waals surface area contributed by atoms with Crippen LogP contribution in [-0.2, 0) is 12.8 Å². The summed E-state index contributed by atoms with van der Waals surface area (Å²) in [5.41, 5.74) is 4.85. The van der Waals surface area contributed by atoms with Crippen molar-refractivity contribution >= 4 is 45.8 Å². The van der Waals surface area contributed by atoms with Gasteiger partial charge in [0.05, 0.1) is 16.8 Å². The topological polar surface area (TPSA) is 67.7 Å². The van der Waals surface area contributed by atoms with Crippen molar-refractivity contribution in [2.75, 3.05) is 11.9 Å². The molecule has 0 saturated carbocycles. The molecule has 0 bridgehead atoms. The van der Waals surface area contributed by atoms with E-state index in [9.17, 15) is 0 Å². The van der Waals surface area contributed by atoms with Crippen LogP contribution in [0, 0.1) is 13.8 Å². The van der Waals surface area contributed by atoms with Gasteiger partial charge >= 0.3 is 0 Å². The van der Waals surface area contributed by atoms with Crippen molar-refractivity contribution in [3.05, 3.63) is 54.1 Å². The van der Waals surface area contributed by atoms with Crippen molar-refractivity contribution in [1.29, 1.82) is 0 Å². The van der Waals surface area contributed by atoms with Crippen LogP contribution in [0.15, 0.2) is 42.1 Å². The summed E-state index contributed by atoms with van der Waals surface area (Å²) in [6.45, 7) is 8.26. The molecule has 0 aliphatic carbocycles. The van der Waals surface area contributed by atoms with Crippen LogP contribution in [0.5, 0.6) is 0 Å². The summed E-state index contributed by atoms with van der Waals surface area (Å²) >= 11 is 6.85. The van der Waals surface area contributed by atoms with E-state index in [2.05, 4.69) is 31.7 Å². The van der Waals surface area contributed by atoms with Crippen LogP contribution >= 0.6 is 24.0 Å². The van der Waals surface area contributed by atoms with Gasteiger partial charge in [0.1, 0.15) is 5.82 Å². The predicted molar refractivity (Wildman–Crippen MR) is 116 cm³/mol. The van der Waals surface area contributed by atoms with Crippen LogP contribution in [0.1, 0.15) is 17.2 Å². The number of nitrogens with zero attached hydrogens (tertiary/aromatic N) is 4. The Morgan fingerprint density at radius 1 is 1.22 bits per heavy atom. The number of thioether (sulfide) groups is 1. The highest BCUT2D eigenvalue weighted by Gasteiger charge is 2.10. The van der Waals surface area contributed by atoms with Gasteiger partial charge in [-0.2, -0.15) is 0 Å². The molecule has 140 valence electrons. The maximum absolute atomic E-state index is 5.26. The predicted octanol–water partition coefficient (Wildman–Crippen LogP) is 3.74. The molecule has 1 aromatic carbocycles. The summed E-state index contributed by atoms with van der Waals surface area (Å²) in [4.78, 5) is 13.7. The molecule has 27 heavy (non-hydrogen) atoms. The molecule has 0 aliphatic rings. The summed E-state index contributed by atoms with van der Waals surface area (Å²) in [7, 11) is 2.02. The highest BCUT2D eigenvalue weighted by atomic mass is 32.2. The van der Waals surface area contributed by atoms with E-state index in [0.717, 1.165) is 39.1 Å². The van der Waals surface area contributed by atoms with Gasteiger partial charge in [0.25, 0.3) is 0 Å². The quantitative estimate of drug-likeness (QED) is 0.284. The lowest BCUT2D eigenvalue weighted by Gasteiger charge is -2.08. The van der Waals surface area contributed by atoms with Gasteiger partial charge < -0.3 is 15.2 Å². The van der Waals surface area contributed by atoms with Crippen molar-refractivity contribution in [2.24, 2.45) is 7.05 Å². The van der Waals surface area contributed by atoms with E-state index in [1.807, 2.05) is 45.2 Å². The molecular formula is C19H22N6S2. The normalized spacial score (nSPS) is 10.8. The Bertz CT molecular complexity index is 975. The third-order valence-corrected chi connectivity index (χ3v) is 5.02. The van der Waals surface area contributed by atoms with Crippen molar-refractivity contribution < 1.29 is 0 Å². The van der Waals surface area contributed by atoms with Crippen LogP contribution in [0.3, 0.4) is 0 Å². The van der Waals surface area contributed by atoms with E-state index in [0.29, 0.717) is 17.4 Å². The highest BCUT2D eigenvalue weighted by molar-refractivity contribution is 7.98. The van der Waals surface area contributed by atoms with Crippen LogP contribution in [0.25, 0.3) is 11.0 Å². The summed E-state index contributed by atoms with van der Waals surface area (Å²) in [5.74, 6) is 1.68. The molecule has 3 aromatic rings. The molecular weight excluding hydrogens is 376 g/mol. The van der Waals surface area contributed by atoms with E-state index in [-0.39, 0.29) is 0 Å². The van der Waals surface area contributed by atoms with Gasteiger partial charge in [0.2, 0.25) is 0 Å². The van der Waals surface area contributed by atoms with Gasteiger partial charge in [0, 0.05) is 30.7 Å². The number of benzene rings is 1. The molecule has 3 rings (SSSR count). The van der Waals surface area contributed by atoms with Gasteiger partial charge in [0.15, 0.2) is 10.3 Å². The van der Waals surface area contributed by atoms with E-state index in [1.165, 1.54) is 0 Å². The molecule has 6 nitrogen and oxygen atoms in total. The largest absolute Gasteiger partial charge is 0.359 e. The number of hydrogen-bond donors (Lipinski definition) is 2. The third kappa shape index (κ3) is 4.84. The first kappa shape index (κ1) is 19.3. The first-order valence-electron chi connectivity index (χ1n) is 8.52. The molecule has 8 heteroatoms. The zero-order chi connectivity index (χ0) is 19.4. The Hall–Kier alpha value is -2.45. The number of nitrogens with one attached hydrogen (secondary N) is 2. The zero-order valence-electron chi connectivity index (χ0n) is 15.6. The SMILES string of the molecule is C=CCNC(=S)Nc1ccc2c(c1)nc(CSc1nc(C)cc(C)n1)n2C. The monoisotopic (exact) mass is 398 g/mol. The summed E-state index contributed by atoms with van der Waals surface area (Å²) in [5, 5.41) is 7.56. The van der Waals surface area contributed by atoms with E-state index >= 15 is 0 Å². The number of aromatic nitrogens is 4. The molecule has 0 spiro atoms. The van der Waals surface area contributed by atoms with E-state index < -0.39 is 0 Å². The summed E-state index contributed by atoms with van der Waals surface area (Å²) < 4.78 is 2.10. The van der Waals surface area contributed by atoms with E-state index in [4.69, 9.17) is 17.2 Å². The molecule has 2 N–H and O–H groups in total. The lowest BCUT2D eigenvalue weighted by molar-refractivity contribution is 0.866. The van der Waals surface area contributed by atoms with E-state index in [1.54, 1.807) is 17.8 Å². The lowest BCUT2D eigenvalue weighted by Crippen LogP contribution is -2.28. The Labute approximate surface area is 168 Å². The first-order valence-corrected chi connectivity index (χ1v) is 9.92. The second kappa shape index (κ2) is 8.49. The first-order chi connectivity index (χ1) is 13.0. The van der Waals surface area contributed by atoms with Gasteiger partial charge in [-0.05, 0) is 50.3 Å². The molecule has 2 heterocycles. The average molecular weight is 399 g/mol. The van der Waals surface area contributed by atoms with Crippen molar-refractivity contribution in [1.82, 2.24) is 24.8 Å². The molecule has 2 aromatic heterocycles. The molecule has 0 saturated heterocycles. The third-order valence-electron chi connectivity index (χ3n) is 3.93. The van der Waals surface area contributed by atoms with Gasteiger partial charge in [-0.3, -0.25) is 0 Å². The minimum atomic E-state index is 0.563. The van der Waals surface area contributed by atoms with Gasteiger partial charge in [-0.15, -0.1) is 6.58 Å². The molecule has 0 aliphatic heterocycles. The van der Waals surface area contributed by atoms with Crippen molar-refractivity contribution in [2.45, 2.75) is 24.8 Å². The second-order valence-electron chi connectivity index (χ2n) is 6.14. The smallest absolute Gasteiger partial charge is 0.188 e. The minimum Gasteiger partial charge on any atom is -0.359 e. The number of rotatable bonds is 6. The number of thiocarbonyl (C=S) groups is 1. The highest BCUT2D eigenvalue weighted by Crippen LogP contribution is 2.24. The van der Waals surface area contributed by atoms with Crippen LogP contribution < -0.4 is 10.6 Å².